The molecule has 1 heterocycles. The largest absolute Gasteiger partial charge is 0.497 e. The second-order valence-corrected chi connectivity index (χ2v) is 8.15. The van der Waals surface area contributed by atoms with E-state index in [4.69, 9.17) is 19.2 Å². The summed E-state index contributed by atoms with van der Waals surface area (Å²) in [6.07, 6.45) is 0. The number of likely N-dealkylation sites (N-methyl/N-ethyl adjacent to an activating group) is 1. The highest BCUT2D eigenvalue weighted by Gasteiger charge is 2.23. The van der Waals surface area contributed by atoms with Gasteiger partial charge in [-0.1, -0.05) is 25.2 Å². The number of benzene rings is 2. The zero-order valence-electron chi connectivity index (χ0n) is 19.8. The average Bonchev–Trinajstić information content (AvgIpc) is 3.24. The van der Waals surface area contributed by atoms with E-state index in [9.17, 15) is 4.79 Å². The molecule has 7 nitrogen and oxygen atoms in total. The van der Waals surface area contributed by atoms with Crippen LogP contribution in [0.25, 0.3) is 10.2 Å². The lowest BCUT2D eigenvalue weighted by molar-refractivity contribution is 0.0983. The highest BCUT2D eigenvalue weighted by atomic mass is 35.5. The van der Waals surface area contributed by atoms with Crippen LogP contribution in [0.3, 0.4) is 0 Å². The van der Waals surface area contributed by atoms with Gasteiger partial charge in [0.15, 0.2) is 5.13 Å². The number of anilines is 1. The minimum Gasteiger partial charge on any atom is -0.497 e. The number of amides is 1. The lowest BCUT2D eigenvalue weighted by Gasteiger charge is -2.25. The van der Waals surface area contributed by atoms with E-state index >= 15 is 0 Å². The Kier molecular flexibility index (Phi) is 10.2. The van der Waals surface area contributed by atoms with Gasteiger partial charge in [-0.3, -0.25) is 9.69 Å². The summed E-state index contributed by atoms with van der Waals surface area (Å²) in [6.45, 7) is 9.91. The molecule has 0 N–H and O–H groups in total. The van der Waals surface area contributed by atoms with Crippen LogP contribution in [-0.2, 0) is 0 Å². The maximum absolute atomic E-state index is 13.7. The first-order chi connectivity index (χ1) is 15.5. The molecule has 1 amide bonds. The van der Waals surface area contributed by atoms with Crippen LogP contribution in [0.4, 0.5) is 5.13 Å². The zero-order valence-corrected chi connectivity index (χ0v) is 21.4. The van der Waals surface area contributed by atoms with Crippen LogP contribution in [0.1, 0.15) is 31.1 Å². The monoisotopic (exact) mass is 493 g/mol. The number of aromatic nitrogens is 1. The Bertz CT molecular complexity index is 1030. The van der Waals surface area contributed by atoms with Gasteiger partial charge in [0.25, 0.3) is 5.91 Å². The van der Waals surface area contributed by atoms with Crippen molar-refractivity contribution < 1.29 is 19.0 Å². The molecule has 0 saturated heterocycles. The van der Waals surface area contributed by atoms with E-state index in [1.165, 1.54) is 11.3 Å². The van der Waals surface area contributed by atoms with Gasteiger partial charge in [-0.25, -0.2) is 4.98 Å². The van der Waals surface area contributed by atoms with Crippen LogP contribution < -0.4 is 19.1 Å². The van der Waals surface area contributed by atoms with Crippen LogP contribution in [-0.4, -0.2) is 62.8 Å². The predicted octanol–water partition coefficient (Wildman–Crippen LogP) is 5.12. The molecule has 0 aliphatic rings. The van der Waals surface area contributed by atoms with Crippen LogP contribution >= 0.6 is 23.7 Å². The molecule has 0 unspecified atom stereocenters. The molecule has 0 aliphatic carbocycles. The lowest BCUT2D eigenvalue weighted by Crippen LogP contribution is -2.38. The Morgan fingerprint density at radius 2 is 1.61 bits per heavy atom. The van der Waals surface area contributed by atoms with Crippen molar-refractivity contribution in [2.24, 2.45) is 0 Å². The number of methoxy groups -OCH3 is 2. The third-order valence-corrected chi connectivity index (χ3v) is 6.31. The number of hydrogen-bond acceptors (Lipinski definition) is 7. The smallest absolute Gasteiger partial charge is 0.260 e. The van der Waals surface area contributed by atoms with Gasteiger partial charge in [0, 0.05) is 24.7 Å². The summed E-state index contributed by atoms with van der Waals surface area (Å²) in [6, 6.07) is 11.0. The Morgan fingerprint density at radius 1 is 0.939 bits per heavy atom. The molecule has 0 radical (unpaired) electrons. The van der Waals surface area contributed by atoms with Crippen molar-refractivity contribution in [3.63, 3.8) is 0 Å². The Morgan fingerprint density at radius 3 is 2.18 bits per heavy atom. The number of carbonyl (C=O) groups excluding carboxylic acids is 1. The Labute approximate surface area is 205 Å². The molecule has 33 heavy (non-hydrogen) atoms. The second-order valence-electron chi connectivity index (χ2n) is 7.14. The van der Waals surface area contributed by atoms with Crippen molar-refractivity contribution in [1.29, 1.82) is 0 Å². The molecule has 3 aromatic rings. The minimum absolute atomic E-state index is 0. The van der Waals surface area contributed by atoms with E-state index in [1.54, 1.807) is 37.3 Å². The molecule has 0 spiro atoms. The Hall–Kier alpha value is -2.55. The van der Waals surface area contributed by atoms with Gasteiger partial charge in [-0.2, -0.15) is 0 Å². The van der Waals surface area contributed by atoms with Gasteiger partial charge in [0.1, 0.15) is 17.2 Å². The van der Waals surface area contributed by atoms with Gasteiger partial charge in [-0.05, 0) is 50.3 Å². The fraction of sp³-hybridized carbons (Fsp3) is 0.417. The summed E-state index contributed by atoms with van der Waals surface area (Å²) < 4.78 is 17.3. The molecule has 3 rings (SSSR count). The summed E-state index contributed by atoms with van der Waals surface area (Å²) in [4.78, 5) is 22.5. The van der Waals surface area contributed by atoms with Crippen molar-refractivity contribution in [1.82, 2.24) is 9.88 Å². The summed E-state index contributed by atoms with van der Waals surface area (Å²) in [7, 11) is 3.15. The highest BCUT2D eigenvalue weighted by molar-refractivity contribution is 7.22. The third-order valence-electron chi connectivity index (χ3n) is 5.27. The van der Waals surface area contributed by atoms with E-state index in [0.717, 1.165) is 35.6 Å². The van der Waals surface area contributed by atoms with Gasteiger partial charge in [-0.15, -0.1) is 12.4 Å². The number of rotatable bonds is 11. The molecular weight excluding hydrogens is 462 g/mol. The topological polar surface area (TPSA) is 64.1 Å². The number of ether oxygens (including phenoxy) is 3. The molecule has 9 heteroatoms. The van der Waals surface area contributed by atoms with E-state index < -0.39 is 0 Å². The number of fused-ring (bicyclic) bond motifs is 1. The quantitative estimate of drug-likeness (QED) is 0.369. The molecule has 0 atom stereocenters. The van der Waals surface area contributed by atoms with Crippen LogP contribution in [0.15, 0.2) is 36.4 Å². The maximum atomic E-state index is 13.7. The van der Waals surface area contributed by atoms with E-state index in [-0.39, 0.29) is 18.3 Å². The first kappa shape index (κ1) is 26.7. The highest BCUT2D eigenvalue weighted by Crippen LogP contribution is 2.33. The molecule has 0 saturated carbocycles. The molecule has 0 fully saturated rings. The number of carbonyl (C=O) groups is 1. The first-order valence-corrected chi connectivity index (χ1v) is 11.6. The summed E-state index contributed by atoms with van der Waals surface area (Å²) in [5, 5.41) is 0.660. The van der Waals surface area contributed by atoms with Crippen molar-refractivity contribution in [3.05, 3.63) is 42.0 Å². The van der Waals surface area contributed by atoms with Crippen LogP contribution in [0.2, 0.25) is 0 Å². The predicted molar refractivity (Wildman–Crippen MR) is 137 cm³/mol. The molecule has 0 bridgehead atoms. The van der Waals surface area contributed by atoms with E-state index in [1.807, 2.05) is 25.1 Å². The van der Waals surface area contributed by atoms with Crippen molar-refractivity contribution in [2.75, 3.05) is 51.9 Å². The van der Waals surface area contributed by atoms with Crippen LogP contribution in [0.5, 0.6) is 17.2 Å². The van der Waals surface area contributed by atoms with E-state index in [0.29, 0.717) is 35.3 Å². The molecule has 180 valence electrons. The molecular formula is C24H32ClN3O4S. The fourth-order valence-corrected chi connectivity index (χ4v) is 4.44. The number of nitrogens with zero attached hydrogens (tertiary/aromatic N) is 3. The number of halogens is 1. The molecule has 1 aromatic heterocycles. The Balaban J connectivity index is 0.00000385. The lowest BCUT2D eigenvalue weighted by atomic mass is 10.1. The molecule has 2 aromatic carbocycles. The fourth-order valence-electron chi connectivity index (χ4n) is 3.42. The summed E-state index contributed by atoms with van der Waals surface area (Å²) >= 11 is 1.49. The second kappa shape index (κ2) is 12.6. The summed E-state index contributed by atoms with van der Waals surface area (Å²) in [5.74, 6) is 1.80. The number of thiazole rings is 1. The van der Waals surface area contributed by atoms with Crippen LogP contribution in [0, 0.1) is 0 Å². The first-order valence-electron chi connectivity index (χ1n) is 10.8. The van der Waals surface area contributed by atoms with Gasteiger partial charge in [0.05, 0.1) is 31.0 Å². The van der Waals surface area contributed by atoms with E-state index in [2.05, 4.69) is 18.7 Å². The minimum atomic E-state index is -0.140. The maximum Gasteiger partial charge on any atom is 0.260 e. The van der Waals surface area contributed by atoms with Crippen molar-refractivity contribution in [3.8, 4) is 17.2 Å². The standard InChI is InChI=1S/C24H31N3O4S.ClH/c1-6-26(7-2)11-12-27(23(28)17-13-19(29-4)15-20(14-17)30-5)24-25-21-10-9-18(31-8-3)16-22(21)32-24;/h9-10,13-16H,6-8,11-12H2,1-5H3;1H. The zero-order chi connectivity index (χ0) is 23.1. The third kappa shape index (κ3) is 6.50. The van der Waals surface area contributed by atoms with Gasteiger partial charge in [0.2, 0.25) is 0 Å². The SMILES string of the molecule is CCOc1ccc2nc(N(CCN(CC)CC)C(=O)c3cc(OC)cc(OC)c3)sc2c1.Cl. The van der Waals surface area contributed by atoms with Gasteiger partial charge < -0.3 is 19.1 Å². The normalized spacial score (nSPS) is 10.7. The van der Waals surface area contributed by atoms with Crippen molar-refractivity contribution in [2.45, 2.75) is 20.8 Å². The average molecular weight is 494 g/mol. The number of hydrogen-bond donors (Lipinski definition) is 0. The molecule has 0 aliphatic heterocycles. The van der Waals surface area contributed by atoms with Crippen molar-refractivity contribution >= 4 is 45.0 Å². The van der Waals surface area contributed by atoms with Gasteiger partial charge >= 0.3 is 0 Å². The summed E-state index contributed by atoms with van der Waals surface area (Å²) in [5.41, 5.74) is 1.34.